The van der Waals surface area contributed by atoms with Gasteiger partial charge in [0.25, 0.3) is 0 Å². The van der Waals surface area contributed by atoms with Crippen molar-refractivity contribution in [1.82, 2.24) is 5.32 Å². The van der Waals surface area contributed by atoms with Gasteiger partial charge in [0, 0.05) is 17.5 Å². The minimum absolute atomic E-state index is 0.103. The highest BCUT2D eigenvalue weighted by atomic mass is 32.1. The predicted octanol–water partition coefficient (Wildman–Crippen LogP) is 3.09. The SMILES string of the molecule is CC(NCc1cccs1)c1cccc(CO)c1. The molecule has 2 rings (SSSR count). The van der Waals surface area contributed by atoms with E-state index < -0.39 is 0 Å². The van der Waals surface area contributed by atoms with E-state index in [1.54, 1.807) is 11.3 Å². The molecule has 2 aromatic rings. The molecule has 0 aliphatic carbocycles. The first-order chi connectivity index (χ1) is 8.29. The number of hydrogen-bond donors (Lipinski definition) is 2. The molecule has 0 amide bonds. The maximum atomic E-state index is 9.11. The Morgan fingerprint density at radius 3 is 2.88 bits per heavy atom. The standard InChI is InChI=1S/C14H17NOS/c1-11(15-9-14-6-3-7-17-14)13-5-2-4-12(8-13)10-16/h2-8,11,15-16H,9-10H2,1H3. The summed E-state index contributed by atoms with van der Waals surface area (Å²) in [6, 6.07) is 12.6. The molecule has 1 atom stereocenters. The number of rotatable bonds is 5. The van der Waals surface area contributed by atoms with Crippen LogP contribution >= 0.6 is 11.3 Å². The number of hydrogen-bond acceptors (Lipinski definition) is 3. The number of nitrogens with one attached hydrogen (secondary N) is 1. The van der Waals surface area contributed by atoms with Crippen molar-refractivity contribution in [3.63, 3.8) is 0 Å². The first-order valence-corrected chi connectivity index (χ1v) is 6.63. The van der Waals surface area contributed by atoms with Crippen molar-refractivity contribution in [2.75, 3.05) is 0 Å². The molecule has 0 bridgehead atoms. The van der Waals surface area contributed by atoms with E-state index in [-0.39, 0.29) is 6.61 Å². The maximum Gasteiger partial charge on any atom is 0.0681 e. The minimum atomic E-state index is 0.103. The summed E-state index contributed by atoms with van der Waals surface area (Å²) in [6.07, 6.45) is 0. The van der Waals surface area contributed by atoms with Gasteiger partial charge in [-0.3, -0.25) is 0 Å². The van der Waals surface area contributed by atoms with E-state index in [1.165, 1.54) is 10.4 Å². The highest BCUT2D eigenvalue weighted by Crippen LogP contribution is 2.16. The molecule has 0 saturated heterocycles. The minimum Gasteiger partial charge on any atom is -0.392 e. The van der Waals surface area contributed by atoms with Gasteiger partial charge in [0.1, 0.15) is 0 Å². The van der Waals surface area contributed by atoms with Crippen LogP contribution in [0.15, 0.2) is 41.8 Å². The van der Waals surface area contributed by atoms with Gasteiger partial charge in [-0.1, -0.05) is 30.3 Å². The van der Waals surface area contributed by atoms with Gasteiger partial charge in [-0.15, -0.1) is 11.3 Å². The van der Waals surface area contributed by atoms with Gasteiger partial charge in [-0.05, 0) is 29.5 Å². The van der Waals surface area contributed by atoms with Crippen molar-refractivity contribution in [3.05, 3.63) is 57.8 Å². The fourth-order valence-corrected chi connectivity index (χ4v) is 2.40. The van der Waals surface area contributed by atoms with Gasteiger partial charge in [-0.25, -0.2) is 0 Å². The van der Waals surface area contributed by atoms with Crippen LogP contribution in [0.4, 0.5) is 0 Å². The average Bonchev–Trinajstić information content (AvgIpc) is 2.89. The molecule has 0 aliphatic heterocycles. The van der Waals surface area contributed by atoms with Crippen molar-refractivity contribution in [2.24, 2.45) is 0 Å². The molecule has 3 heteroatoms. The molecule has 1 aromatic heterocycles. The second-order valence-corrected chi connectivity index (χ2v) is 5.12. The van der Waals surface area contributed by atoms with Gasteiger partial charge in [0.15, 0.2) is 0 Å². The molecular formula is C14H17NOS. The molecule has 0 radical (unpaired) electrons. The maximum absolute atomic E-state index is 9.11. The molecule has 2 N–H and O–H groups in total. The molecule has 0 saturated carbocycles. The van der Waals surface area contributed by atoms with Crippen molar-refractivity contribution in [2.45, 2.75) is 26.1 Å². The molecule has 0 spiro atoms. The summed E-state index contributed by atoms with van der Waals surface area (Å²) in [5.41, 5.74) is 2.18. The summed E-state index contributed by atoms with van der Waals surface area (Å²) in [7, 11) is 0. The van der Waals surface area contributed by atoms with Crippen LogP contribution in [-0.4, -0.2) is 5.11 Å². The van der Waals surface area contributed by atoms with E-state index in [1.807, 2.05) is 18.2 Å². The van der Waals surface area contributed by atoms with E-state index in [9.17, 15) is 0 Å². The third kappa shape index (κ3) is 3.40. The van der Waals surface area contributed by atoms with Gasteiger partial charge in [-0.2, -0.15) is 0 Å². The molecule has 0 aliphatic rings. The van der Waals surface area contributed by atoms with E-state index in [2.05, 4.69) is 35.8 Å². The van der Waals surface area contributed by atoms with Gasteiger partial charge >= 0.3 is 0 Å². The summed E-state index contributed by atoms with van der Waals surface area (Å²) in [6.45, 7) is 3.14. The lowest BCUT2D eigenvalue weighted by Crippen LogP contribution is -2.17. The van der Waals surface area contributed by atoms with E-state index in [4.69, 9.17) is 5.11 Å². The van der Waals surface area contributed by atoms with E-state index in [0.717, 1.165) is 12.1 Å². The molecule has 1 aromatic carbocycles. The smallest absolute Gasteiger partial charge is 0.0681 e. The molecule has 2 nitrogen and oxygen atoms in total. The Bertz CT molecular complexity index is 453. The van der Waals surface area contributed by atoms with Crippen LogP contribution in [0.3, 0.4) is 0 Å². The van der Waals surface area contributed by atoms with Crippen LogP contribution in [0, 0.1) is 0 Å². The first-order valence-electron chi connectivity index (χ1n) is 5.75. The van der Waals surface area contributed by atoms with Crippen molar-refractivity contribution in [1.29, 1.82) is 0 Å². The van der Waals surface area contributed by atoms with E-state index in [0.29, 0.717) is 6.04 Å². The molecule has 0 fully saturated rings. The Hall–Kier alpha value is -1.16. The number of aliphatic hydroxyl groups excluding tert-OH is 1. The Morgan fingerprint density at radius 1 is 1.29 bits per heavy atom. The van der Waals surface area contributed by atoms with Gasteiger partial charge in [0.05, 0.1) is 6.61 Å². The van der Waals surface area contributed by atoms with Gasteiger partial charge in [0.2, 0.25) is 0 Å². The molecular weight excluding hydrogens is 230 g/mol. The largest absolute Gasteiger partial charge is 0.392 e. The molecule has 1 heterocycles. The van der Waals surface area contributed by atoms with Crippen LogP contribution in [0.2, 0.25) is 0 Å². The quantitative estimate of drug-likeness (QED) is 0.851. The predicted molar refractivity (Wildman–Crippen MR) is 71.9 cm³/mol. The second kappa shape index (κ2) is 5.96. The summed E-state index contributed by atoms with van der Waals surface area (Å²) < 4.78 is 0. The van der Waals surface area contributed by atoms with Crippen LogP contribution < -0.4 is 5.32 Å². The number of aliphatic hydroxyl groups is 1. The summed E-state index contributed by atoms with van der Waals surface area (Å²) in [4.78, 5) is 1.34. The Labute approximate surface area is 106 Å². The van der Waals surface area contributed by atoms with Crippen LogP contribution in [-0.2, 0) is 13.2 Å². The van der Waals surface area contributed by atoms with Crippen LogP contribution in [0.25, 0.3) is 0 Å². The van der Waals surface area contributed by atoms with Crippen molar-refractivity contribution < 1.29 is 5.11 Å². The van der Waals surface area contributed by atoms with Crippen LogP contribution in [0.5, 0.6) is 0 Å². The highest BCUT2D eigenvalue weighted by molar-refractivity contribution is 7.09. The lowest BCUT2D eigenvalue weighted by Gasteiger charge is -2.14. The Balaban J connectivity index is 1.96. The average molecular weight is 247 g/mol. The Kier molecular flexibility index (Phi) is 4.31. The lowest BCUT2D eigenvalue weighted by molar-refractivity contribution is 0.281. The fraction of sp³-hybridized carbons (Fsp3) is 0.286. The monoisotopic (exact) mass is 247 g/mol. The first kappa shape index (κ1) is 12.3. The summed E-state index contributed by atoms with van der Waals surface area (Å²) in [5.74, 6) is 0. The summed E-state index contributed by atoms with van der Waals surface area (Å²) in [5, 5.41) is 14.7. The zero-order valence-corrected chi connectivity index (χ0v) is 10.7. The summed E-state index contributed by atoms with van der Waals surface area (Å²) >= 11 is 1.77. The number of benzene rings is 1. The topological polar surface area (TPSA) is 32.3 Å². The normalized spacial score (nSPS) is 12.6. The molecule has 1 unspecified atom stereocenters. The third-order valence-corrected chi connectivity index (χ3v) is 3.67. The van der Waals surface area contributed by atoms with Crippen LogP contribution in [0.1, 0.15) is 29.0 Å². The van der Waals surface area contributed by atoms with Crippen molar-refractivity contribution >= 4 is 11.3 Å². The molecule has 90 valence electrons. The van der Waals surface area contributed by atoms with Gasteiger partial charge < -0.3 is 10.4 Å². The highest BCUT2D eigenvalue weighted by Gasteiger charge is 2.05. The zero-order chi connectivity index (χ0) is 12.1. The lowest BCUT2D eigenvalue weighted by atomic mass is 10.1. The number of thiophene rings is 1. The fourth-order valence-electron chi connectivity index (χ4n) is 1.75. The molecule has 17 heavy (non-hydrogen) atoms. The third-order valence-electron chi connectivity index (χ3n) is 2.80. The van der Waals surface area contributed by atoms with E-state index >= 15 is 0 Å². The Morgan fingerprint density at radius 2 is 2.18 bits per heavy atom. The van der Waals surface area contributed by atoms with Crippen molar-refractivity contribution in [3.8, 4) is 0 Å². The second-order valence-electron chi connectivity index (χ2n) is 4.09. The zero-order valence-electron chi connectivity index (χ0n) is 9.89.